The third-order valence-electron chi connectivity index (χ3n) is 5.27. The van der Waals surface area contributed by atoms with Gasteiger partial charge in [0.05, 0.1) is 12.4 Å². The van der Waals surface area contributed by atoms with Crippen LogP contribution in [0.25, 0.3) is 0 Å². The molecule has 10 heteroatoms. The summed E-state index contributed by atoms with van der Waals surface area (Å²) in [5, 5.41) is 0. The normalized spacial score (nSPS) is 23.7. The lowest BCUT2D eigenvalue weighted by atomic mass is 9.84. The van der Waals surface area contributed by atoms with Gasteiger partial charge in [0.1, 0.15) is 24.0 Å². The molecule has 0 spiro atoms. The zero-order chi connectivity index (χ0) is 22.2. The van der Waals surface area contributed by atoms with Crippen LogP contribution in [0.5, 0.6) is 5.88 Å². The molecule has 2 N–H and O–H groups in total. The van der Waals surface area contributed by atoms with Crippen molar-refractivity contribution >= 4 is 11.8 Å². The monoisotopic (exact) mass is 430 g/mol. The number of nitrogens with two attached hydrogens (primary N) is 1. The molecular weight excluding hydrogens is 413 g/mol. The van der Waals surface area contributed by atoms with E-state index in [1.54, 1.807) is 0 Å². The highest BCUT2D eigenvalue weighted by molar-refractivity contribution is 5.95. The minimum atomic E-state index is -1.69. The first-order valence-electron chi connectivity index (χ1n) is 9.35. The van der Waals surface area contributed by atoms with Crippen molar-refractivity contribution in [1.29, 1.82) is 0 Å². The Kier molecular flexibility index (Phi) is 5.27. The maximum atomic E-state index is 14.7. The van der Waals surface area contributed by atoms with E-state index in [0.29, 0.717) is 6.42 Å². The number of hydrogen-bond acceptors (Lipinski definition) is 7. The molecule has 160 valence electrons. The number of amidine groups is 1. The van der Waals surface area contributed by atoms with Gasteiger partial charge in [0.15, 0.2) is 24.0 Å². The first kappa shape index (κ1) is 20.7. The Bertz CT molecular complexity index is 1100. The van der Waals surface area contributed by atoms with Gasteiger partial charge in [-0.25, -0.2) is 28.1 Å². The van der Waals surface area contributed by atoms with Crippen LogP contribution in [-0.2, 0) is 16.7 Å². The second kappa shape index (κ2) is 7.91. The topological polar surface area (TPSA) is 99.7 Å². The Morgan fingerprint density at radius 3 is 2.84 bits per heavy atom. The van der Waals surface area contributed by atoms with Gasteiger partial charge in [0.25, 0.3) is 6.02 Å². The van der Waals surface area contributed by atoms with Crippen molar-refractivity contribution in [3.8, 4) is 18.2 Å². The first-order chi connectivity index (χ1) is 14.9. The Balaban J connectivity index is 1.62. The zero-order valence-electron chi connectivity index (χ0n) is 16.1. The van der Waals surface area contributed by atoms with Crippen LogP contribution in [0.4, 0.5) is 13.2 Å². The predicted octanol–water partition coefficient (Wildman–Crippen LogP) is 2.09. The van der Waals surface area contributed by atoms with E-state index in [0.717, 1.165) is 6.07 Å². The van der Waals surface area contributed by atoms with Gasteiger partial charge in [-0.15, -0.1) is 6.42 Å². The van der Waals surface area contributed by atoms with Crippen LogP contribution in [0, 0.1) is 29.9 Å². The number of halogens is 3. The fourth-order valence-electron chi connectivity index (χ4n) is 3.71. The third-order valence-corrected chi connectivity index (χ3v) is 5.27. The SMILES string of the molecule is C#CCOc1cnc(C(=O)Cc2cc(F)c(F)c([C@@]3(CF)N=C(N)O[C@@H]4C[C@@H]43)c2)cn1. The fourth-order valence-corrected chi connectivity index (χ4v) is 3.71. The number of hydrogen-bond donors (Lipinski definition) is 1. The van der Waals surface area contributed by atoms with E-state index in [1.165, 1.54) is 18.5 Å². The lowest BCUT2D eigenvalue weighted by Gasteiger charge is -2.31. The molecule has 0 bridgehead atoms. The van der Waals surface area contributed by atoms with Gasteiger partial charge in [-0.2, -0.15) is 0 Å². The molecular formula is C21H17F3N4O3. The van der Waals surface area contributed by atoms with E-state index in [1.807, 2.05) is 0 Å². The molecule has 2 heterocycles. The lowest BCUT2D eigenvalue weighted by Crippen LogP contribution is -2.40. The van der Waals surface area contributed by atoms with E-state index in [4.69, 9.17) is 21.6 Å². The van der Waals surface area contributed by atoms with E-state index in [2.05, 4.69) is 20.9 Å². The van der Waals surface area contributed by atoms with E-state index >= 15 is 0 Å². The molecule has 2 aliphatic rings. The van der Waals surface area contributed by atoms with Gasteiger partial charge in [-0.1, -0.05) is 5.92 Å². The number of carbonyl (C=O) groups is 1. The molecule has 0 amide bonds. The number of benzene rings is 1. The van der Waals surface area contributed by atoms with Crippen LogP contribution < -0.4 is 10.5 Å². The third kappa shape index (κ3) is 3.79. The number of ketones is 1. The molecule has 4 rings (SSSR count). The van der Waals surface area contributed by atoms with Crippen molar-refractivity contribution in [1.82, 2.24) is 9.97 Å². The summed E-state index contributed by atoms with van der Waals surface area (Å²) < 4.78 is 53.6. The standard InChI is InChI=1S/C21H17F3N4O3/c1-2-3-30-18-9-26-15(8-27-18)16(29)6-11-4-13(19(24)14(23)5-11)21(10-22)12-7-17(12)31-20(25)28-21/h1,4-5,8-9,12,17H,3,6-7,10H2,(H2,25,28)/t12-,17+,21-/m0/s1. The summed E-state index contributed by atoms with van der Waals surface area (Å²) in [5.41, 5.74) is 3.77. The smallest absolute Gasteiger partial charge is 0.283 e. The molecule has 7 nitrogen and oxygen atoms in total. The van der Waals surface area contributed by atoms with E-state index in [9.17, 15) is 18.0 Å². The number of nitrogens with zero attached hydrogens (tertiary/aromatic N) is 3. The summed E-state index contributed by atoms with van der Waals surface area (Å²) in [7, 11) is 0. The molecule has 0 radical (unpaired) electrons. The van der Waals surface area contributed by atoms with Crippen molar-refractivity contribution in [3.05, 3.63) is 53.0 Å². The molecule has 2 aromatic rings. The van der Waals surface area contributed by atoms with Crippen LogP contribution in [0.15, 0.2) is 29.5 Å². The van der Waals surface area contributed by atoms with Crippen molar-refractivity contribution in [2.45, 2.75) is 24.5 Å². The van der Waals surface area contributed by atoms with Crippen LogP contribution in [0.2, 0.25) is 0 Å². The molecule has 1 saturated carbocycles. The van der Waals surface area contributed by atoms with Crippen molar-refractivity contribution < 1.29 is 27.4 Å². The minimum Gasteiger partial charge on any atom is -0.463 e. The molecule has 1 aliphatic carbocycles. The van der Waals surface area contributed by atoms with Gasteiger partial charge in [-0.3, -0.25) is 4.79 Å². The van der Waals surface area contributed by atoms with Gasteiger partial charge in [0.2, 0.25) is 5.88 Å². The summed E-state index contributed by atoms with van der Waals surface area (Å²) in [6.07, 6.45) is 7.22. The Labute approximate surface area is 175 Å². The zero-order valence-corrected chi connectivity index (χ0v) is 16.1. The summed E-state index contributed by atoms with van der Waals surface area (Å²) in [6.45, 7) is -1.09. The number of Topliss-reactive ketones (excluding diaryl/α,β-unsaturated/α-hetero) is 1. The molecule has 31 heavy (non-hydrogen) atoms. The summed E-state index contributed by atoms with van der Waals surface area (Å²) in [6, 6.07) is 1.85. The first-order valence-corrected chi connectivity index (χ1v) is 9.35. The number of terminal acetylenes is 1. The highest BCUT2D eigenvalue weighted by Gasteiger charge is 2.60. The van der Waals surface area contributed by atoms with Crippen molar-refractivity contribution in [3.63, 3.8) is 0 Å². The number of fused-ring (bicyclic) bond motifs is 1. The van der Waals surface area contributed by atoms with Crippen molar-refractivity contribution in [2.24, 2.45) is 16.6 Å². The number of aliphatic imine (C=N–C) groups is 1. The second-order valence-electron chi connectivity index (χ2n) is 7.28. The van der Waals surface area contributed by atoms with E-state index < -0.39 is 41.7 Å². The molecule has 1 aliphatic heterocycles. The Hall–Kier alpha value is -3.61. The molecule has 0 unspecified atom stereocenters. The summed E-state index contributed by atoms with van der Waals surface area (Å²) >= 11 is 0. The number of ether oxygens (including phenoxy) is 2. The minimum absolute atomic E-state index is 0.00415. The van der Waals surface area contributed by atoms with Gasteiger partial charge >= 0.3 is 0 Å². The summed E-state index contributed by atoms with van der Waals surface area (Å²) in [5.74, 6) is -0.995. The van der Waals surface area contributed by atoms with Crippen LogP contribution in [0.3, 0.4) is 0 Å². The number of alkyl halides is 1. The van der Waals surface area contributed by atoms with Crippen molar-refractivity contribution in [2.75, 3.05) is 13.3 Å². The molecule has 1 aromatic carbocycles. The lowest BCUT2D eigenvalue weighted by molar-refractivity contribution is 0.0987. The van der Waals surface area contributed by atoms with E-state index in [-0.39, 0.29) is 41.8 Å². The van der Waals surface area contributed by atoms with Gasteiger partial charge in [-0.05, 0) is 24.1 Å². The average Bonchev–Trinajstić information content (AvgIpc) is 3.54. The number of rotatable bonds is 7. The highest BCUT2D eigenvalue weighted by Crippen LogP contribution is 2.53. The molecule has 0 saturated heterocycles. The largest absolute Gasteiger partial charge is 0.463 e. The Morgan fingerprint density at radius 2 is 2.16 bits per heavy atom. The highest BCUT2D eigenvalue weighted by atomic mass is 19.2. The van der Waals surface area contributed by atoms with Crippen LogP contribution in [-0.4, -0.2) is 41.2 Å². The van der Waals surface area contributed by atoms with Crippen LogP contribution >= 0.6 is 0 Å². The van der Waals surface area contributed by atoms with Gasteiger partial charge in [0, 0.05) is 17.9 Å². The van der Waals surface area contributed by atoms with Gasteiger partial charge < -0.3 is 15.2 Å². The maximum Gasteiger partial charge on any atom is 0.283 e. The predicted molar refractivity (Wildman–Crippen MR) is 103 cm³/mol. The molecule has 3 atom stereocenters. The molecule has 1 fully saturated rings. The maximum absolute atomic E-state index is 14.7. The average molecular weight is 430 g/mol. The van der Waals surface area contributed by atoms with Crippen LogP contribution in [0.1, 0.15) is 28.0 Å². The number of carbonyl (C=O) groups excluding carboxylic acids is 1. The second-order valence-corrected chi connectivity index (χ2v) is 7.28. The fraction of sp³-hybridized carbons (Fsp3) is 0.333. The Morgan fingerprint density at radius 1 is 1.35 bits per heavy atom. The summed E-state index contributed by atoms with van der Waals surface area (Å²) in [4.78, 5) is 24.4. The molecule has 1 aromatic heterocycles. The quantitative estimate of drug-likeness (QED) is 0.534. The number of aromatic nitrogens is 2.